The highest BCUT2D eigenvalue weighted by Gasteiger charge is 2.44. The number of benzene rings is 2. The molecule has 2 N–H and O–H groups in total. The van der Waals surface area contributed by atoms with Crippen LogP contribution in [0.2, 0.25) is 0 Å². The number of hydrogen-bond donors (Lipinski definition) is 2. The Hall–Kier alpha value is -1.58. The van der Waals surface area contributed by atoms with Crippen molar-refractivity contribution in [2.45, 2.75) is 32.1 Å². The van der Waals surface area contributed by atoms with Gasteiger partial charge >= 0.3 is 0 Å². The number of halogens is 1. The summed E-state index contributed by atoms with van der Waals surface area (Å²) in [6, 6.07) is 15.0. The highest BCUT2D eigenvalue weighted by Crippen LogP contribution is 2.48. The molecule has 4 heteroatoms. The summed E-state index contributed by atoms with van der Waals surface area (Å²) in [5, 5.41) is 9.15. The fourth-order valence-electron chi connectivity index (χ4n) is 3.93. The third-order valence-corrected chi connectivity index (χ3v) is 5.83. The molecule has 2 aliphatic rings. The monoisotopic (exact) mass is 358 g/mol. The zero-order valence-electron chi connectivity index (χ0n) is 14.8. The van der Waals surface area contributed by atoms with Gasteiger partial charge in [-0.15, -0.1) is 12.4 Å². The molecule has 2 atom stereocenters. The molecule has 2 aromatic carbocycles. The smallest absolute Gasteiger partial charge is 0.223 e. The summed E-state index contributed by atoms with van der Waals surface area (Å²) in [6.07, 6.45) is 3.28. The predicted octanol–water partition coefficient (Wildman–Crippen LogP) is 3.87. The first-order chi connectivity index (χ1) is 11.6. The molecule has 2 aromatic rings. The second-order valence-corrected chi connectivity index (χ2v) is 7.83. The Kier molecular flexibility index (Phi) is 5.35. The summed E-state index contributed by atoms with van der Waals surface area (Å²) in [5.74, 6) is 0.805. The molecule has 25 heavy (non-hydrogen) atoms. The van der Waals surface area contributed by atoms with Gasteiger partial charge in [0, 0.05) is 12.5 Å². The van der Waals surface area contributed by atoms with Crippen molar-refractivity contribution in [1.82, 2.24) is 10.6 Å². The quantitative estimate of drug-likeness (QED) is 0.871. The highest BCUT2D eigenvalue weighted by atomic mass is 35.5. The molecule has 1 saturated carbocycles. The number of piperidine rings is 1. The molecule has 1 saturated heterocycles. The number of nitrogens with one attached hydrogen (secondary N) is 2. The molecular weight excluding hydrogens is 332 g/mol. The molecular formula is C21H27ClN2O. The molecule has 1 amide bonds. The van der Waals surface area contributed by atoms with Crippen molar-refractivity contribution in [3.05, 3.63) is 48.0 Å². The average Bonchev–Trinajstić information content (AvgIpc) is 3.41. The highest BCUT2D eigenvalue weighted by molar-refractivity contribution is 5.86. The van der Waals surface area contributed by atoms with Crippen LogP contribution in [0.3, 0.4) is 0 Å². The van der Waals surface area contributed by atoms with E-state index in [9.17, 15) is 4.79 Å². The summed E-state index contributed by atoms with van der Waals surface area (Å²) in [5.41, 5.74) is 1.57. The maximum absolute atomic E-state index is 12.5. The molecule has 0 spiro atoms. The van der Waals surface area contributed by atoms with Crippen LogP contribution in [0.1, 0.15) is 37.7 Å². The zero-order chi connectivity index (χ0) is 16.6. The maximum atomic E-state index is 12.5. The van der Waals surface area contributed by atoms with Crippen molar-refractivity contribution in [1.29, 1.82) is 0 Å². The van der Waals surface area contributed by atoms with Crippen LogP contribution in [0.15, 0.2) is 42.5 Å². The summed E-state index contributed by atoms with van der Waals surface area (Å²) in [6.45, 7) is 5.24. The zero-order valence-corrected chi connectivity index (χ0v) is 15.6. The third kappa shape index (κ3) is 3.99. The van der Waals surface area contributed by atoms with Crippen LogP contribution in [-0.4, -0.2) is 25.5 Å². The van der Waals surface area contributed by atoms with Gasteiger partial charge in [0.2, 0.25) is 5.91 Å². The number of carbonyl (C=O) groups is 1. The van der Waals surface area contributed by atoms with E-state index in [0.717, 1.165) is 38.9 Å². The molecule has 1 aliphatic heterocycles. The van der Waals surface area contributed by atoms with Crippen LogP contribution < -0.4 is 10.6 Å². The lowest BCUT2D eigenvalue weighted by molar-refractivity contribution is -0.123. The Morgan fingerprint density at radius 2 is 1.88 bits per heavy atom. The van der Waals surface area contributed by atoms with E-state index in [4.69, 9.17) is 0 Å². The van der Waals surface area contributed by atoms with Crippen molar-refractivity contribution in [3.8, 4) is 0 Å². The minimum atomic E-state index is 0. The topological polar surface area (TPSA) is 41.1 Å². The number of amides is 1. The summed E-state index contributed by atoms with van der Waals surface area (Å²) >= 11 is 0. The number of rotatable bonds is 4. The summed E-state index contributed by atoms with van der Waals surface area (Å²) in [4.78, 5) is 12.5. The van der Waals surface area contributed by atoms with Crippen molar-refractivity contribution in [3.63, 3.8) is 0 Å². The van der Waals surface area contributed by atoms with Crippen molar-refractivity contribution < 1.29 is 4.79 Å². The first kappa shape index (κ1) is 18.2. The van der Waals surface area contributed by atoms with E-state index in [1.165, 1.54) is 16.3 Å². The van der Waals surface area contributed by atoms with Gasteiger partial charge in [-0.05, 0) is 60.0 Å². The fourth-order valence-corrected chi connectivity index (χ4v) is 3.93. The van der Waals surface area contributed by atoms with Gasteiger partial charge in [0.1, 0.15) is 0 Å². The van der Waals surface area contributed by atoms with E-state index in [1.54, 1.807) is 0 Å². The first-order valence-electron chi connectivity index (χ1n) is 9.12. The number of fused-ring (bicyclic) bond motifs is 1. The van der Waals surface area contributed by atoms with Gasteiger partial charge in [-0.25, -0.2) is 0 Å². The second kappa shape index (κ2) is 7.35. The molecule has 1 aliphatic carbocycles. The molecule has 0 aromatic heterocycles. The maximum Gasteiger partial charge on any atom is 0.223 e. The fraction of sp³-hybridized carbons (Fsp3) is 0.476. The Morgan fingerprint density at radius 1 is 1.16 bits per heavy atom. The number of carbonyl (C=O) groups excluding carboxylic acids is 1. The summed E-state index contributed by atoms with van der Waals surface area (Å²) < 4.78 is 0. The third-order valence-electron chi connectivity index (χ3n) is 5.83. The Balaban J connectivity index is 0.00000182. The van der Waals surface area contributed by atoms with Gasteiger partial charge < -0.3 is 10.6 Å². The van der Waals surface area contributed by atoms with E-state index < -0.39 is 0 Å². The second-order valence-electron chi connectivity index (χ2n) is 7.83. The first-order valence-corrected chi connectivity index (χ1v) is 9.12. The van der Waals surface area contributed by atoms with Crippen molar-refractivity contribution in [2.75, 3.05) is 19.6 Å². The van der Waals surface area contributed by atoms with Crippen LogP contribution in [0, 0.1) is 11.3 Å². The van der Waals surface area contributed by atoms with Gasteiger partial charge in [-0.3, -0.25) is 4.79 Å². The minimum absolute atomic E-state index is 0. The SMILES string of the molecule is CC1(CNC(=O)C2CC2c2ccc3ccccc3c2)CCNCC1.Cl. The van der Waals surface area contributed by atoms with Gasteiger partial charge in [-0.2, -0.15) is 0 Å². The van der Waals surface area contributed by atoms with E-state index in [-0.39, 0.29) is 29.6 Å². The lowest BCUT2D eigenvalue weighted by Crippen LogP contribution is -2.43. The largest absolute Gasteiger partial charge is 0.355 e. The van der Waals surface area contributed by atoms with Crippen molar-refractivity contribution >= 4 is 29.1 Å². The molecule has 2 fully saturated rings. The Morgan fingerprint density at radius 3 is 2.64 bits per heavy atom. The summed E-state index contributed by atoms with van der Waals surface area (Å²) in [7, 11) is 0. The van der Waals surface area contributed by atoms with Gasteiger partial charge in [0.05, 0.1) is 0 Å². The average molecular weight is 359 g/mol. The van der Waals surface area contributed by atoms with E-state index in [2.05, 4.69) is 60.0 Å². The Bertz CT molecular complexity index is 754. The predicted molar refractivity (Wildman–Crippen MR) is 105 cm³/mol. The van der Waals surface area contributed by atoms with E-state index in [0.29, 0.717) is 5.92 Å². The lowest BCUT2D eigenvalue weighted by atomic mass is 9.81. The van der Waals surface area contributed by atoms with Crippen LogP contribution in [-0.2, 0) is 4.79 Å². The standard InChI is InChI=1S/C21H26N2O.ClH/c1-21(8-10-22-11-9-21)14-23-20(24)19-13-18(19)17-7-6-15-4-2-3-5-16(15)12-17;/h2-7,12,18-19,22H,8-11,13-14H2,1H3,(H,23,24);1H. The molecule has 3 nitrogen and oxygen atoms in total. The molecule has 2 unspecified atom stereocenters. The van der Waals surface area contributed by atoms with Crippen molar-refractivity contribution in [2.24, 2.45) is 11.3 Å². The lowest BCUT2D eigenvalue weighted by Gasteiger charge is -2.34. The molecule has 134 valence electrons. The van der Waals surface area contributed by atoms with E-state index >= 15 is 0 Å². The number of hydrogen-bond acceptors (Lipinski definition) is 2. The molecule has 1 heterocycles. The molecule has 4 rings (SSSR count). The van der Waals surface area contributed by atoms with Gasteiger partial charge in [0.15, 0.2) is 0 Å². The molecule has 0 radical (unpaired) electrons. The van der Waals surface area contributed by atoms with Gasteiger partial charge in [-0.1, -0.05) is 49.4 Å². The van der Waals surface area contributed by atoms with Gasteiger partial charge in [0.25, 0.3) is 0 Å². The van der Waals surface area contributed by atoms with E-state index in [1.807, 2.05) is 0 Å². The van der Waals surface area contributed by atoms with Crippen LogP contribution in [0.25, 0.3) is 10.8 Å². The van der Waals surface area contributed by atoms with Crippen LogP contribution in [0.4, 0.5) is 0 Å². The van der Waals surface area contributed by atoms with Crippen LogP contribution >= 0.6 is 12.4 Å². The minimum Gasteiger partial charge on any atom is -0.355 e. The normalized spacial score (nSPS) is 24.4. The Labute approximate surface area is 156 Å². The molecule has 0 bridgehead atoms. The van der Waals surface area contributed by atoms with Crippen LogP contribution in [0.5, 0.6) is 0 Å².